The number of furan rings is 1. The molecule has 1 aromatic heterocycles. The van der Waals surface area contributed by atoms with E-state index in [0.717, 1.165) is 26.6 Å². The van der Waals surface area contributed by atoms with Crippen LogP contribution in [-0.2, 0) is 6.54 Å². The molecule has 0 saturated carbocycles. The molecule has 0 saturated heterocycles. The normalized spacial score (nSPS) is 10.9. The number of hydrogen-bond donors (Lipinski definition) is 0. The van der Waals surface area contributed by atoms with Crippen LogP contribution in [0.2, 0.25) is 10.0 Å². The number of nitrogens with zero attached hydrogens (tertiary/aromatic N) is 1. The van der Waals surface area contributed by atoms with E-state index in [4.69, 9.17) is 37.1 Å². The molecule has 0 fully saturated rings. The van der Waals surface area contributed by atoms with Gasteiger partial charge in [-0.15, -0.1) is 0 Å². The molecule has 5 nitrogen and oxygen atoms in total. The first-order chi connectivity index (χ1) is 15.3. The van der Waals surface area contributed by atoms with E-state index in [1.165, 1.54) is 0 Å². The van der Waals surface area contributed by atoms with Gasteiger partial charge in [0.05, 0.1) is 11.6 Å². The molecule has 0 radical (unpaired) electrons. The van der Waals surface area contributed by atoms with Gasteiger partial charge in [-0.1, -0.05) is 41.4 Å². The van der Waals surface area contributed by atoms with Crippen LogP contribution in [0, 0.1) is 0 Å². The van der Waals surface area contributed by atoms with Crippen LogP contribution in [-0.4, -0.2) is 25.0 Å². The number of methoxy groups -OCH3 is 1. The summed E-state index contributed by atoms with van der Waals surface area (Å²) in [6.45, 7) is 0.416. The van der Waals surface area contributed by atoms with Gasteiger partial charge >= 0.3 is 0 Å². The van der Waals surface area contributed by atoms with Gasteiger partial charge in [-0.25, -0.2) is 0 Å². The maximum absolute atomic E-state index is 12.8. The Balaban J connectivity index is 1.47. The molecule has 0 N–H and O–H groups in total. The highest BCUT2D eigenvalue weighted by atomic mass is 79.9. The van der Waals surface area contributed by atoms with E-state index in [2.05, 4.69) is 15.9 Å². The summed E-state index contributed by atoms with van der Waals surface area (Å²) in [6.07, 6.45) is 0. The number of halogens is 3. The van der Waals surface area contributed by atoms with Crippen molar-refractivity contribution >= 4 is 55.8 Å². The second-order valence-electron chi connectivity index (χ2n) is 7.12. The fraction of sp³-hybridized carbons (Fsp3) is 0.125. The topological polar surface area (TPSA) is 51.9 Å². The van der Waals surface area contributed by atoms with Crippen molar-refractivity contribution in [3.8, 4) is 17.4 Å². The Labute approximate surface area is 203 Å². The van der Waals surface area contributed by atoms with Gasteiger partial charge in [-0.2, -0.15) is 0 Å². The summed E-state index contributed by atoms with van der Waals surface area (Å²) in [6, 6.07) is 17.9. The molecule has 32 heavy (non-hydrogen) atoms. The van der Waals surface area contributed by atoms with E-state index in [-0.39, 0.29) is 17.6 Å². The Morgan fingerprint density at radius 3 is 2.50 bits per heavy atom. The predicted molar refractivity (Wildman–Crippen MR) is 129 cm³/mol. The molecule has 0 bridgehead atoms. The molecule has 0 aliphatic heterocycles. The van der Waals surface area contributed by atoms with Crippen LogP contribution in [0.25, 0.3) is 10.8 Å². The molecule has 0 aliphatic rings. The maximum atomic E-state index is 12.8. The number of carbonyl (C=O) groups is 1. The lowest BCUT2D eigenvalue weighted by Gasteiger charge is -2.16. The fourth-order valence-electron chi connectivity index (χ4n) is 3.30. The molecule has 1 heterocycles. The van der Waals surface area contributed by atoms with Crippen LogP contribution in [0.5, 0.6) is 17.4 Å². The van der Waals surface area contributed by atoms with Crippen molar-refractivity contribution < 1.29 is 18.7 Å². The zero-order valence-electron chi connectivity index (χ0n) is 17.2. The smallest absolute Gasteiger partial charge is 0.290 e. The van der Waals surface area contributed by atoms with E-state index >= 15 is 0 Å². The lowest BCUT2D eigenvalue weighted by atomic mass is 10.1. The third-order valence-electron chi connectivity index (χ3n) is 4.82. The molecule has 1 amide bonds. The third-order valence-corrected chi connectivity index (χ3v) is 6.07. The first-order valence-corrected chi connectivity index (χ1v) is 11.1. The van der Waals surface area contributed by atoms with E-state index in [0.29, 0.717) is 22.3 Å². The minimum atomic E-state index is -0.264. The van der Waals surface area contributed by atoms with Crippen LogP contribution in [0.1, 0.15) is 16.1 Å². The van der Waals surface area contributed by atoms with Crippen molar-refractivity contribution in [2.45, 2.75) is 6.54 Å². The highest BCUT2D eigenvalue weighted by molar-refractivity contribution is 9.10. The summed E-state index contributed by atoms with van der Waals surface area (Å²) in [5, 5.41) is 2.97. The zero-order chi connectivity index (χ0) is 22.8. The maximum Gasteiger partial charge on any atom is 0.290 e. The van der Waals surface area contributed by atoms with E-state index < -0.39 is 0 Å². The number of benzene rings is 3. The molecule has 0 atom stereocenters. The van der Waals surface area contributed by atoms with Crippen molar-refractivity contribution in [3.05, 3.63) is 86.5 Å². The molecule has 3 aromatic carbocycles. The van der Waals surface area contributed by atoms with Crippen LogP contribution in [0.15, 0.2) is 69.6 Å². The molecule has 0 aliphatic carbocycles. The number of amides is 1. The number of fused-ring (bicyclic) bond motifs is 1. The molecule has 0 spiro atoms. The fourth-order valence-corrected chi connectivity index (χ4v) is 4.47. The van der Waals surface area contributed by atoms with Gasteiger partial charge in [0.1, 0.15) is 11.5 Å². The molecule has 4 aromatic rings. The molecule has 8 heteroatoms. The highest BCUT2D eigenvalue weighted by Crippen LogP contribution is 2.34. The number of hydrogen-bond acceptors (Lipinski definition) is 4. The molecular formula is C24H18BrCl2NO4. The first kappa shape index (κ1) is 22.5. The van der Waals surface area contributed by atoms with E-state index in [1.807, 2.05) is 30.3 Å². The van der Waals surface area contributed by atoms with Crippen molar-refractivity contribution in [3.63, 3.8) is 0 Å². The molecular weight excluding hydrogens is 517 g/mol. The minimum Gasteiger partial charge on any atom is -0.496 e. The van der Waals surface area contributed by atoms with E-state index in [9.17, 15) is 4.79 Å². The van der Waals surface area contributed by atoms with Gasteiger partial charge in [0, 0.05) is 29.7 Å². The van der Waals surface area contributed by atoms with Gasteiger partial charge in [0.15, 0.2) is 5.76 Å². The Bertz CT molecular complexity index is 1280. The lowest BCUT2D eigenvalue weighted by molar-refractivity contribution is 0.0748. The molecule has 4 rings (SSSR count). The Kier molecular flexibility index (Phi) is 6.65. The summed E-state index contributed by atoms with van der Waals surface area (Å²) >= 11 is 15.5. The van der Waals surface area contributed by atoms with E-state index in [1.54, 1.807) is 49.4 Å². The average molecular weight is 535 g/mol. The van der Waals surface area contributed by atoms with Gasteiger partial charge in [0.2, 0.25) is 0 Å². The Hall–Kier alpha value is -2.67. The van der Waals surface area contributed by atoms with Crippen molar-refractivity contribution in [2.75, 3.05) is 14.2 Å². The summed E-state index contributed by atoms with van der Waals surface area (Å²) in [4.78, 5) is 14.4. The second kappa shape index (κ2) is 9.45. The van der Waals surface area contributed by atoms with Gasteiger partial charge in [-0.05, 0) is 68.7 Å². The zero-order valence-corrected chi connectivity index (χ0v) is 20.3. The predicted octanol–water partition coefficient (Wildman–Crippen LogP) is 7.58. The average Bonchev–Trinajstić information content (AvgIpc) is 3.21. The van der Waals surface area contributed by atoms with Gasteiger partial charge < -0.3 is 18.8 Å². The van der Waals surface area contributed by atoms with Crippen LogP contribution in [0.4, 0.5) is 0 Å². The van der Waals surface area contributed by atoms with Gasteiger partial charge in [0.25, 0.3) is 11.9 Å². The van der Waals surface area contributed by atoms with Crippen molar-refractivity contribution in [1.82, 2.24) is 4.90 Å². The Morgan fingerprint density at radius 2 is 1.78 bits per heavy atom. The SMILES string of the molecule is COc1ccc2cc(CN(C)C(=O)c3ccc(Oc4cc(Cl)cc(Cl)c4)o3)ccc2c1Br. The van der Waals surface area contributed by atoms with Crippen molar-refractivity contribution in [2.24, 2.45) is 0 Å². The van der Waals surface area contributed by atoms with Crippen LogP contribution in [0.3, 0.4) is 0 Å². The standard InChI is InChI=1S/C24H18BrCl2NO4/c1-28(13-14-3-5-19-15(9-14)4-6-20(30-2)23(19)25)24(29)21-7-8-22(32-21)31-18-11-16(26)10-17(27)12-18/h3-12H,13H2,1-2H3. The quantitative estimate of drug-likeness (QED) is 0.256. The highest BCUT2D eigenvalue weighted by Gasteiger charge is 2.18. The minimum absolute atomic E-state index is 0.170. The van der Waals surface area contributed by atoms with Crippen molar-refractivity contribution in [1.29, 1.82) is 0 Å². The number of carbonyl (C=O) groups excluding carboxylic acids is 1. The van der Waals surface area contributed by atoms with Crippen LogP contribution < -0.4 is 9.47 Å². The molecule has 164 valence electrons. The summed E-state index contributed by atoms with van der Waals surface area (Å²) < 4.78 is 17.5. The lowest BCUT2D eigenvalue weighted by Crippen LogP contribution is -2.25. The van der Waals surface area contributed by atoms with Gasteiger partial charge in [-0.3, -0.25) is 4.79 Å². The monoisotopic (exact) mass is 533 g/mol. The third kappa shape index (κ3) is 4.88. The largest absolute Gasteiger partial charge is 0.496 e. The number of rotatable bonds is 6. The second-order valence-corrected chi connectivity index (χ2v) is 8.79. The summed E-state index contributed by atoms with van der Waals surface area (Å²) in [5.74, 6) is 1.27. The Morgan fingerprint density at radius 1 is 1.03 bits per heavy atom. The summed E-state index contributed by atoms with van der Waals surface area (Å²) in [5.41, 5.74) is 0.988. The first-order valence-electron chi connectivity index (χ1n) is 9.58. The molecule has 0 unspecified atom stereocenters. The van der Waals surface area contributed by atoms with Crippen LogP contribution >= 0.6 is 39.1 Å². The summed E-state index contributed by atoms with van der Waals surface area (Å²) in [7, 11) is 3.35. The number of ether oxygens (including phenoxy) is 2.